The Balaban J connectivity index is 1.56. The van der Waals surface area contributed by atoms with Gasteiger partial charge in [0, 0.05) is 12.2 Å². The maximum absolute atomic E-state index is 6.26. The largest absolute Gasteiger partial charge is 0.490 e. The van der Waals surface area contributed by atoms with E-state index in [9.17, 15) is 0 Å². The standard InChI is InChI=1S/C24H42B2O4/c1-17(2)27-25(28-18(3)4)21-13-9-19(10-14-21)20-11-15-22(16-12-20)26-29-23(5,6)24(7,8)30-26/h13,15,17-20H,9-12,14,16H2,1-8H3. The Morgan fingerprint density at radius 3 is 1.77 bits per heavy atom. The predicted octanol–water partition coefficient (Wildman–Crippen LogP) is 5.95. The van der Waals surface area contributed by atoms with Gasteiger partial charge in [-0.15, -0.1) is 0 Å². The highest BCUT2D eigenvalue weighted by Gasteiger charge is 2.52. The van der Waals surface area contributed by atoms with Crippen molar-refractivity contribution in [2.75, 3.05) is 0 Å². The molecule has 1 heterocycles. The summed E-state index contributed by atoms with van der Waals surface area (Å²) in [6, 6.07) is 0. The first-order valence-corrected chi connectivity index (χ1v) is 12.0. The molecule has 0 aromatic heterocycles. The van der Waals surface area contributed by atoms with E-state index in [0.717, 1.165) is 37.5 Å². The van der Waals surface area contributed by atoms with Crippen LogP contribution in [0.25, 0.3) is 0 Å². The van der Waals surface area contributed by atoms with E-state index in [4.69, 9.17) is 18.6 Å². The lowest BCUT2D eigenvalue weighted by Gasteiger charge is -2.33. The molecule has 0 spiro atoms. The molecule has 0 bridgehead atoms. The maximum atomic E-state index is 6.26. The summed E-state index contributed by atoms with van der Waals surface area (Å²) in [5.74, 6) is 1.51. The Labute approximate surface area is 185 Å². The topological polar surface area (TPSA) is 36.9 Å². The zero-order chi connectivity index (χ0) is 22.1. The monoisotopic (exact) mass is 416 g/mol. The molecule has 30 heavy (non-hydrogen) atoms. The molecule has 1 fully saturated rings. The van der Waals surface area contributed by atoms with Crippen molar-refractivity contribution in [1.82, 2.24) is 0 Å². The van der Waals surface area contributed by atoms with Crippen LogP contribution >= 0.6 is 0 Å². The summed E-state index contributed by atoms with van der Waals surface area (Å²) in [7, 11) is -0.358. The van der Waals surface area contributed by atoms with Gasteiger partial charge in [-0.1, -0.05) is 12.2 Å². The first kappa shape index (κ1) is 24.1. The molecule has 0 aromatic rings. The first-order chi connectivity index (χ1) is 14.0. The Hall–Kier alpha value is -0.550. The zero-order valence-electron chi connectivity index (χ0n) is 20.5. The molecule has 168 valence electrons. The summed E-state index contributed by atoms with van der Waals surface area (Å²) < 4.78 is 24.6. The fourth-order valence-electron chi connectivity index (χ4n) is 4.73. The van der Waals surface area contributed by atoms with Gasteiger partial charge in [0.05, 0.1) is 11.2 Å². The van der Waals surface area contributed by atoms with E-state index >= 15 is 0 Å². The molecule has 3 aliphatic rings. The fraction of sp³-hybridized carbons (Fsp3) is 0.833. The molecule has 3 rings (SSSR count). The third-order valence-electron chi connectivity index (χ3n) is 7.29. The van der Waals surface area contributed by atoms with Crippen molar-refractivity contribution < 1.29 is 18.6 Å². The highest BCUT2D eigenvalue weighted by molar-refractivity contribution is 6.54. The highest BCUT2D eigenvalue weighted by atomic mass is 16.7. The van der Waals surface area contributed by atoms with E-state index in [1.807, 2.05) is 0 Å². The Bertz CT molecular complexity index is 600. The third kappa shape index (κ3) is 5.62. The van der Waals surface area contributed by atoms with Crippen molar-refractivity contribution in [1.29, 1.82) is 0 Å². The molecule has 1 saturated heterocycles. The minimum atomic E-state index is -0.257. The summed E-state index contributed by atoms with van der Waals surface area (Å²) in [6.45, 7) is 16.8. The summed E-state index contributed by atoms with van der Waals surface area (Å²) in [5.41, 5.74) is 2.16. The number of hydrogen-bond acceptors (Lipinski definition) is 4. The fourth-order valence-corrected chi connectivity index (χ4v) is 4.73. The van der Waals surface area contributed by atoms with Crippen molar-refractivity contribution in [3.05, 3.63) is 23.1 Å². The zero-order valence-corrected chi connectivity index (χ0v) is 20.5. The van der Waals surface area contributed by atoms with Crippen molar-refractivity contribution in [3.63, 3.8) is 0 Å². The van der Waals surface area contributed by atoms with E-state index in [2.05, 4.69) is 67.5 Å². The van der Waals surface area contributed by atoms with Gasteiger partial charge >= 0.3 is 14.2 Å². The van der Waals surface area contributed by atoms with Crippen molar-refractivity contribution in [2.45, 2.75) is 117 Å². The summed E-state index contributed by atoms with van der Waals surface area (Å²) >= 11 is 0. The maximum Gasteiger partial charge on any atom is 0.490 e. The predicted molar refractivity (Wildman–Crippen MR) is 125 cm³/mol. The molecule has 6 heteroatoms. The number of hydrogen-bond donors (Lipinski definition) is 0. The lowest BCUT2D eigenvalue weighted by molar-refractivity contribution is 0.00578. The van der Waals surface area contributed by atoms with Gasteiger partial charge in [0.15, 0.2) is 0 Å². The quantitative estimate of drug-likeness (QED) is 0.481. The van der Waals surface area contributed by atoms with E-state index < -0.39 is 0 Å². The molecule has 1 aliphatic heterocycles. The minimum absolute atomic E-state index is 0.170. The van der Waals surface area contributed by atoms with Gasteiger partial charge in [-0.2, -0.15) is 0 Å². The van der Waals surface area contributed by atoms with E-state index in [1.165, 1.54) is 23.8 Å². The van der Waals surface area contributed by atoms with Crippen LogP contribution in [0.15, 0.2) is 23.1 Å². The average Bonchev–Trinajstić information content (AvgIpc) is 2.88. The Kier molecular flexibility index (Phi) is 7.65. The molecule has 0 aromatic carbocycles. The van der Waals surface area contributed by atoms with Crippen LogP contribution in [-0.2, 0) is 18.6 Å². The second kappa shape index (κ2) is 9.52. The highest BCUT2D eigenvalue weighted by Crippen LogP contribution is 2.43. The van der Waals surface area contributed by atoms with Crippen LogP contribution in [0.3, 0.4) is 0 Å². The summed E-state index contributed by atoms with van der Waals surface area (Å²) in [6.07, 6.45) is 12.1. The van der Waals surface area contributed by atoms with Gasteiger partial charge < -0.3 is 18.6 Å². The Morgan fingerprint density at radius 2 is 1.37 bits per heavy atom. The third-order valence-corrected chi connectivity index (χ3v) is 7.29. The molecule has 2 atom stereocenters. The molecular weight excluding hydrogens is 374 g/mol. The van der Waals surface area contributed by atoms with Crippen LogP contribution in [0.1, 0.15) is 93.9 Å². The molecule has 0 amide bonds. The lowest BCUT2D eigenvalue weighted by Crippen LogP contribution is -2.41. The van der Waals surface area contributed by atoms with Crippen LogP contribution in [0, 0.1) is 11.8 Å². The minimum Gasteiger partial charge on any atom is -0.405 e. The van der Waals surface area contributed by atoms with Gasteiger partial charge in [0.25, 0.3) is 0 Å². The van der Waals surface area contributed by atoms with Gasteiger partial charge in [-0.3, -0.25) is 0 Å². The van der Waals surface area contributed by atoms with Crippen molar-refractivity contribution in [3.8, 4) is 0 Å². The van der Waals surface area contributed by atoms with Crippen LogP contribution in [0.5, 0.6) is 0 Å². The van der Waals surface area contributed by atoms with E-state index in [1.54, 1.807) is 0 Å². The van der Waals surface area contributed by atoms with Crippen LogP contribution in [0.4, 0.5) is 0 Å². The molecule has 2 aliphatic carbocycles. The Morgan fingerprint density at radius 1 is 0.867 bits per heavy atom. The summed E-state index contributed by atoms with van der Waals surface area (Å²) in [4.78, 5) is 0. The van der Waals surface area contributed by atoms with Gasteiger partial charge in [-0.05, 0) is 117 Å². The van der Waals surface area contributed by atoms with Gasteiger partial charge in [-0.25, -0.2) is 0 Å². The second-order valence-electron chi connectivity index (χ2n) is 10.9. The first-order valence-electron chi connectivity index (χ1n) is 12.0. The number of allylic oxidation sites excluding steroid dienone is 4. The molecule has 0 saturated carbocycles. The molecule has 0 radical (unpaired) electrons. The molecular formula is C24H42B2O4. The number of rotatable bonds is 7. The molecule has 2 unspecified atom stereocenters. The summed E-state index contributed by atoms with van der Waals surface area (Å²) in [5, 5.41) is 0. The molecule has 4 nitrogen and oxygen atoms in total. The van der Waals surface area contributed by atoms with Crippen LogP contribution in [-0.4, -0.2) is 37.6 Å². The van der Waals surface area contributed by atoms with Crippen molar-refractivity contribution >= 4 is 14.2 Å². The molecule has 0 N–H and O–H groups in total. The van der Waals surface area contributed by atoms with Gasteiger partial charge in [0.2, 0.25) is 0 Å². The van der Waals surface area contributed by atoms with Gasteiger partial charge in [0.1, 0.15) is 0 Å². The van der Waals surface area contributed by atoms with Crippen LogP contribution in [0.2, 0.25) is 0 Å². The normalized spacial score (nSPS) is 28.7. The van der Waals surface area contributed by atoms with Crippen LogP contribution < -0.4 is 0 Å². The van der Waals surface area contributed by atoms with Crippen molar-refractivity contribution in [2.24, 2.45) is 11.8 Å². The smallest absolute Gasteiger partial charge is 0.405 e. The second-order valence-corrected chi connectivity index (χ2v) is 10.9. The SMILES string of the molecule is CC(C)OB(OC(C)C)C1=CCC(C2CC=C(B3OC(C)(C)C(C)(C)O3)CC2)CC1. The van der Waals surface area contributed by atoms with E-state index in [0.29, 0.717) is 0 Å². The van der Waals surface area contributed by atoms with E-state index in [-0.39, 0.29) is 37.6 Å². The lowest BCUT2D eigenvalue weighted by atomic mass is 9.64. The average molecular weight is 416 g/mol.